The molecule has 0 aliphatic rings. The molecule has 0 aliphatic carbocycles. The number of aromatic nitrogens is 1. The van der Waals surface area contributed by atoms with Crippen LogP contribution in [0.25, 0.3) is 0 Å². The number of nitrogens with zero attached hydrogens (tertiary/aromatic N) is 1. The smallest absolute Gasteiger partial charge is 0.256 e. The third kappa shape index (κ3) is 5.25. The van der Waals surface area contributed by atoms with Crippen molar-refractivity contribution in [3.63, 3.8) is 0 Å². The lowest BCUT2D eigenvalue weighted by atomic mass is 10.1. The van der Waals surface area contributed by atoms with Crippen LogP contribution in [0, 0.1) is 0 Å². The summed E-state index contributed by atoms with van der Waals surface area (Å²) in [5, 5.41) is 5.52. The summed E-state index contributed by atoms with van der Waals surface area (Å²) in [5.74, 6) is -0.121. The Morgan fingerprint density at radius 3 is 2.39 bits per heavy atom. The number of rotatable bonds is 6. The fraction of sp³-hybridized carbons (Fsp3) is 0.0952. The maximum atomic E-state index is 12.4. The van der Waals surface area contributed by atoms with Crippen molar-refractivity contribution in [1.29, 1.82) is 0 Å². The number of amides is 2. The second kappa shape index (κ2) is 9.25. The second-order valence-corrected chi connectivity index (χ2v) is 6.90. The largest absolute Gasteiger partial charge is 0.380 e. The van der Waals surface area contributed by atoms with E-state index in [9.17, 15) is 9.59 Å². The highest BCUT2D eigenvalue weighted by Gasteiger charge is 2.10. The lowest BCUT2D eigenvalue weighted by Gasteiger charge is -2.09. The van der Waals surface area contributed by atoms with Crippen molar-refractivity contribution < 1.29 is 14.3 Å². The monoisotopic (exact) mass is 439 g/mol. The number of nitrogens with one attached hydrogen (secondary N) is 2. The predicted molar refractivity (Wildman–Crippen MR) is 111 cm³/mol. The van der Waals surface area contributed by atoms with E-state index in [1.807, 2.05) is 12.1 Å². The summed E-state index contributed by atoms with van der Waals surface area (Å²) >= 11 is 3.30. The van der Waals surface area contributed by atoms with Gasteiger partial charge in [-0.1, -0.05) is 18.2 Å². The zero-order chi connectivity index (χ0) is 19.9. The van der Waals surface area contributed by atoms with Crippen LogP contribution in [-0.2, 0) is 11.3 Å². The molecule has 3 aromatic rings. The number of carbonyl (C=O) groups is 2. The number of ether oxygens (including phenoxy) is 1. The van der Waals surface area contributed by atoms with E-state index in [0.29, 0.717) is 29.2 Å². The Kier molecular flexibility index (Phi) is 6.52. The highest BCUT2D eigenvalue weighted by molar-refractivity contribution is 9.10. The Labute approximate surface area is 171 Å². The number of carbonyl (C=O) groups excluding carboxylic acids is 2. The SMILES string of the molecule is COCc1ccc(C(=O)Nc2cccc(C(=O)Nc3ccc(Br)cn3)c2)cc1. The average Bonchev–Trinajstić information content (AvgIpc) is 2.70. The molecule has 2 N–H and O–H groups in total. The van der Waals surface area contributed by atoms with Crippen molar-refractivity contribution in [3.05, 3.63) is 88.0 Å². The summed E-state index contributed by atoms with van der Waals surface area (Å²) in [5.41, 5.74) is 2.45. The van der Waals surface area contributed by atoms with E-state index in [4.69, 9.17) is 4.74 Å². The van der Waals surface area contributed by atoms with Crippen LogP contribution < -0.4 is 10.6 Å². The lowest BCUT2D eigenvalue weighted by molar-refractivity contribution is 0.101. The molecule has 2 amide bonds. The molecule has 28 heavy (non-hydrogen) atoms. The van der Waals surface area contributed by atoms with E-state index in [1.54, 1.807) is 61.8 Å². The first-order chi connectivity index (χ1) is 13.5. The summed E-state index contributed by atoms with van der Waals surface area (Å²) < 4.78 is 5.89. The van der Waals surface area contributed by atoms with Gasteiger partial charge in [-0.05, 0) is 64.0 Å². The maximum Gasteiger partial charge on any atom is 0.256 e. The fourth-order valence-electron chi connectivity index (χ4n) is 2.50. The average molecular weight is 440 g/mol. The highest BCUT2D eigenvalue weighted by Crippen LogP contribution is 2.16. The molecule has 0 saturated heterocycles. The van der Waals surface area contributed by atoms with Crippen LogP contribution >= 0.6 is 15.9 Å². The predicted octanol–water partition coefficient (Wildman–Crippen LogP) is 4.50. The minimum atomic E-state index is -0.310. The van der Waals surface area contributed by atoms with Gasteiger partial charge in [0, 0.05) is 34.6 Å². The van der Waals surface area contributed by atoms with Gasteiger partial charge in [0.1, 0.15) is 5.82 Å². The highest BCUT2D eigenvalue weighted by atomic mass is 79.9. The summed E-state index contributed by atoms with van der Waals surface area (Å²) in [6.45, 7) is 0.492. The molecule has 7 heteroatoms. The molecule has 1 heterocycles. The molecular formula is C21H18BrN3O3. The van der Waals surface area contributed by atoms with Crippen molar-refractivity contribution in [2.75, 3.05) is 17.7 Å². The number of anilines is 2. The molecule has 0 fully saturated rings. The Morgan fingerprint density at radius 1 is 0.964 bits per heavy atom. The number of hydrogen-bond acceptors (Lipinski definition) is 4. The topological polar surface area (TPSA) is 80.3 Å². The lowest BCUT2D eigenvalue weighted by Crippen LogP contribution is -2.15. The van der Waals surface area contributed by atoms with E-state index >= 15 is 0 Å². The van der Waals surface area contributed by atoms with E-state index < -0.39 is 0 Å². The van der Waals surface area contributed by atoms with Crippen molar-refractivity contribution >= 4 is 39.2 Å². The van der Waals surface area contributed by atoms with Gasteiger partial charge in [0.25, 0.3) is 11.8 Å². The molecule has 0 atom stereocenters. The summed E-state index contributed by atoms with van der Waals surface area (Å²) in [6, 6.07) is 17.4. The van der Waals surface area contributed by atoms with Gasteiger partial charge in [-0.15, -0.1) is 0 Å². The molecule has 0 saturated carbocycles. The number of halogens is 1. The normalized spacial score (nSPS) is 10.4. The number of benzene rings is 2. The van der Waals surface area contributed by atoms with Gasteiger partial charge in [0.15, 0.2) is 0 Å². The maximum absolute atomic E-state index is 12.4. The van der Waals surface area contributed by atoms with Crippen LogP contribution in [0.2, 0.25) is 0 Å². The van der Waals surface area contributed by atoms with Gasteiger partial charge < -0.3 is 15.4 Å². The molecule has 0 spiro atoms. The number of hydrogen-bond donors (Lipinski definition) is 2. The third-order valence-corrected chi connectivity index (χ3v) is 4.35. The Bertz CT molecular complexity index is 973. The molecule has 2 aromatic carbocycles. The van der Waals surface area contributed by atoms with Gasteiger partial charge in [0.2, 0.25) is 0 Å². The van der Waals surface area contributed by atoms with Crippen LogP contribution in [-0.4, -0.2) is 23.9 Å². The molecule has 0 unspecified atom stereocenters. The Morgan fingerprint density at radius 2 is 1.71 bits per heavy atom. The quantitative estimate of drug-likeness (QED) is 0.592. The number of pyridine rings is 1. The first-order valence-corrected chi connectivity index (χ1v) is 9.26. The van der Waals surface area contributed by atoms with Gasteiger partial charge in [-0.2, -0.15) is 0 Å². The summed E-state index contributed by atoms with van der Waals surface area (Å²) in [7, 11) is 1.62. The van der Waals surface area contributed by atoms with Crippen LogP contribution in [0.15, 0.2) is 71.3 Å². The van der Waals surface area contributed by atoms with E-state index in [1.165, 1.54) is 0 Å². The molecule has 3 rings (SSSR count). The van der Waals surface area contributed by atoms with E-state index in [-0.39, 0.29) is 11.8 Å². The molecular weight excluding hydrogens is 422 g/mol. The van der Waals surface area contributed by atoms with Crippen molar-refractivity contribution in [3.8, 4) is 0 Å². The summed E-state index contributed by atoms with van der Waals surface area (Å²) in [4.78, 5) is 29.0. The van der Waals surface area contributed by atoms with E-state index in [2.05, 4.69) is 31.5 Å². The van der Waals surface area contributed by atoms with Gasteiger partial charge in [-0.25, -0.2) is 4.98 Å². The van der Waals surface area contributed by atoms with Crippen LogP contribution in [0.5, 0.6) is 0 Å². The zero-order valence-electron chi connectivity index (χ0n) is 15.1. The minimum Gasteiger partial charge on any atom is -0.380 e. The van der Waals surface area contributed by atoms with Crippen molar-refractivity contribution in [2.45, 2.75) is 6.61 Å². The van der Waals surface area contributed by atoms with Gasteiger partial charge in [0.05, 0.1) is 6.61 Å². The second-order valence-electron chi connectivity index (χ2n) is 5.98. The molecule has 0 aliphatic heterocycles. The Hall–Kier alpha value is -3.03. The minimum absolute atomic E-state index is 0.254. The molecule has 0 bridgehead atoms. The molecule has 0 radical (unpaired) electrons. The first-order valence-electron chi connectivity index (χ1n) is 8.47. The number of methoxy groups -OCH3 is 1. The molecule has 142 valence electrons. The van der Waals surface area contributed by atoms with Crippen LogP contribution in [0.4, 0.5) is 11.5 Å². The first kappa shape index (κ1) is 19.7. The van der Waals surface area contributed by atoms with Gasteiger partial charge >= 0.3 is 0 Å². The van der Waals surface area contributed by atoms with Crippen LogP contribution in [0.1, 0.15) is 26.3 Å². The van der Waals surface area contributed by atoms with Crippen molar-refractivity contribution in [1.82, 2.24) is 4.98 Å². The Balaban J connectivity index is 1.67. The third-order valence-electron chi connectivity index (χ3n) is 3.88. The summed E-state index contributed by atoms with van der Waals surface area (Å²) in [6.07, 6.45) is 1.60. The van der Waals surface area contributed by atoms with Crippen molar-refractivity contribution in [2.24, 2.45) is 0 Å². The molecule has 1 aromatic heterocycles. The fourth-order valence-corrected chi connectivity index (χ4v) is 2.73. The van der Waals surface area contributed by atoms with Gasteiger partial charge in [-0.3, -0.25) is 9.59 Å². The zero-order valence-corrected chi connectivity index (χ0v) is 16.7. The van der Waals surface area contributed by atoms with E-state index in [0.717, 1.165) is 10.0 Å². The standard InChI is InChI=1S/C21H18BrN3O3/c1-28-13-14-5-7-15(8-6-14)20(26)24-18-4-2-3-16(11-18)21(27)25-19-10-9-17(22)12-23-19/h2-12H,13H2,1H3,(H,24,26)(H,23,25,27). The van der Waals surface area contributed by atoms with Crippen LogP contribution in [0.3, 0.4) is 0 Å². The molecule has 6 nitrogen and oxygen atoms in total.